The molecule has 2 rings (SSSR count). The van der Waals surface area contributed by atoms with Crippen LogP contribution in [0.5, 0.6) is 5.75 Å². The largest absolute Gasteiger partial charge is 0.497 e. The molecule has 0 fully saturated rings. The second-order valence-electron chi connectivity index (χ2n) is 4.06. The standard InChI is InChI=1S/C14H16O3/c1-4-10-7-11-5-6-12(16-3)8-13(11)14(10)17-9(2)15/h5-8,14H,4H2,1-3H3. The predicted octanol–water partition coefficient (Wildman–Crippen LogP) is 3.11. The maximum Gasteiger partial charge on any atom is 0.303 e. The van der Waals surface area contributed by atoms with Crippen molar-refractivity contribution in [1.82, 2.24) is 0 Å². The Hall–Kier alpha value is -1.77. The van der Waals surface area contributed by atoms with Gasteiger partial charge >= 0.3 is 5.97 Å². The first-order valence-corrected chi connectivity index (χ1v) is 5.71. The minimum Gasteiger partial charge on any atom is -0.497 e. The lowest BCUT2D eigenvalue weighted by Crippen LogP contribution is -2.08. The first-order valence-electron chi connectivity index (χ1n) is 5.71. The van der Waals surface area contributed by atoms with Crippen LogP contribution in [0.3, 0.4) is 0 Å². The summed E-state index contributed by atoms with van der Waals surface area (Å²) in [7, 11) is 1.63. The topological polar surface area (TPSA) is 35.5 Å². The van der Waals surface area contributed by atoms with Crippen molar-refractivity contribution < 1.29 is 14.3 Å². The van der Waals surface area contributed by atoms with Crippen molar-refractivity contribution in [3.63, 3.8) is 0 Å². The fourth-order valence-electron chi connectivity index (χ4n) is 2.11. The summed E-state index contributed by atoms with van der Waals surface area (Å²) in [5, 5.41) is 0. The van der Waals surface area contributed by atoms with Crippen LogP contribution >= 0.6 is 0 Å². The van der Waals surface area contributed by atoms with Crippen LogP contribution in [0, 0.1) is 0 Å². The number of ether oxygens (including phenoxy) is 2. The molecular weight excluding hydrogens is 216 g/mol. The van der Waals surface area contributed by atoms with Gasteiger partial charge in [-0.3, -0.25) is 4.79 Å². The summed E-state index contributed by atoms with van der Waals surface area (Å²) in [5.41, 5.74) is 3.24. The number of carbonyl (C=O) groups is 1. The lowest BCUT2D eigenvalue weighted by Gasteiger charge is -2.16. The summed E-state index contributed by atoms with van der Waals surface area (Å²) in [6.07, 6.45) is 2.71. The second-order valence-corrected chi connectivity index (χ2v) is 4.06. The number of hydrogen-bond donors (Lipinski definition) is 0. The fourth-order valence-corrected chi connectivity index (χ4v) is 2.11. The highest BCUT2D eigenvalue weighted by atomic mass is 16.5. The lowest BCUT2D eigenvalue weighted by molar-refractivity contribution is -0.144. The molecule has 1 aromatic rings. The quantitative estimate of drug-likeness (QED) is 0.751. The molecule has 1 aromatic carbocycles. The van der Waals surface area contributed by atoms with Crippen molar-refractivity contribution >= 4 is 12.0 Å². The molecule has 1 aliphatic rings. The Morgan fingerprint density at radius 3 is 2.76 bits per heavy atom. The van der Waals surface area contributed by atoms with E-state index in [-0.39, 0.29) is 12.1 Å². The van der Waals surface area contributed by atoms with E-state index in [0.29, 0.717) is 0 Å². The Labute approximate surface area is 101 Å². The van der Waals surface area contributed by atoms with Crippen molar-refractivity contribution in [2.24, 2.45) is 0 Å². The molecule has 0 saturated heterocycles. The van der Waals surface area contributed by atoms with Crippen LogP contribution in [0.1, 0.15) is 37.5 Å². The maximum absolute atomic E-state index is 11.1. The Kier molecular flexibility index (Phi) is 3.18. The summed E-state index contributed by atoms with van der Waals surface area (Å²) in [5.74, 6) is 0.525. The van der Waals surface area contributed by atoms with Crippen LogP contribution in [0.4, 0.5) is 0 Å². The van der Waals surface area contributed by atoms with Crippen molar-refractivity contribution in [2.75, 3.05) is 7.11 Å². The van der Waals surface area contributed by atoms with Crippen molar-refractivity contribution in [3.05, 3.63) is 34.9 Å². The van der Waals surface area contributed by atoms with Gasteiger partial charge in [-0.2, -0.15) is 0 Å². The van der Waals surface area contributed by atoms with Crippen molar-refractivity contribution in [2.45, 2.75) is 26.4 Å². The van der Waals surface area contributed by atoms with E-state index in [1.807, 2.05) is 18.2 Å². The molecule has 3 nitrogen and oxygen atoms in total. The van der Waals surface area contributed by atoms with E-state index >= 15 is 0 Å². The average molecular weight is 232 g/mol. The zero-order chi connectivity index (χ0) is 12.4. The first-order chi connectivity index (χ1) is 8.15. The molecule has 1 atom stereocenters. The molecule has 0 N–H and O–H groups in total. The molecule has 90 valence electrons. The van der Waals surface area contributed by atoms with E-state index in [0.717, 1.165) is 28.9 Å². The number of carbonyl (C=O) groups excluding carboxylic acids is 1. The minimum absolute atomic E-state index is 0.248. The average Bonchev–Trinajstić information content (AvgIpc) is 2.66. The number of esters is 1. The summed E-state index contributed by atoms with van der Waals surface area (Å²) in [6, 6.07) is 5.84. The van der Waals surface area contributed by atoms with Crippen molar-refractivity contribution in [1.29, 1.82) is 0 Å². The zero-order valence-corrected chi connectivity index (χ0v) is 10.3. The van der Waals surface area contributed by atoms with Crippen LogP contribution < -0.4 is 4.74 Å². The molecule has 17 heavy (non-hydrogen) atoms. The van der Waals surface area contributed by atoms with Gasteiger partial charge in [-0.15, -0.1) is 0 Å². The van der Waals surface area contributed by atoms with Gasteiger partial charge < -0.3 is 9.47 Å². The summed E-state index contributed by atoms with van der Waals surface area (Å²) in [4.78, 5) is 11.1. The Morgan fingerprint density at radius 1 is 1.41 bits per heavy atom. The number of fused-ring (bicyclic) bond motifs is 1. The van der Waals surface area contributed by atoms with Crippen LogP contribution in [0.25, 0.3) is 6.08 Å². The second kappa shape index (κ2) is 4.62. The van der Waals surface area contributed by atoms with Crippen LogP contribution in [0.2, 0.25) is 0 Å². The van der Waals surface area contributed by atoms with Gasteiger partial charge in [0.25, 0.3) is 0 Å². The summed E-state index contributed by atoms with van der Waals surface area (Å²) >= 11 is 0. The Bertz CT molecular complexity index is 474. The van der Waals surface area contributed by atoms with Gasteiger partial charge in [0.15, 0.2) is 0 Å². The first kappa shape index (κ1) is 11.7. The zero-order valence-electron chi connectivity index (χ0n) is 10.3. The Balaban J connectivity index is 2.39. The predicted molar refractivity (Wildman–Crippen MR) is 65.8 cm³/mol. The third kappa shape index (κ3) is 2.18. The van der Waals surface area contributed by atoms with Gasteiger partial charge in [-0.1, -0.05) is 19.1 Å². The molecular formula is C14H16O3. The molecule has 0 aromatic heterocycles. The minimum atomic E-state index is -0.259. The molecule has 0 amide bonds. The SMILES string of the molecule is CCC1=Cc2ccc(OC)cc2C1OC(C)=O. The molecule has 1 aliphatic carbocycles. The summed E-state index contributed by atoms with van der Waals surface area (Å²) < 4.78 is 10.6. The molecule has 0 aliphatic heterocycles. The fraction of sp³-hybridized carbons (Fsp3) is 0.357. The molecule has 0 saturated carbocycles. The smallest absolute Gasteiger partial charge is 0.303 e. The van der Waals surface area contributed by atoms with E-state index in [1.54, 1.807) is 7.11 Å². The van der Waals surface area contributed by atoms with E-state index in [2.05, 4.69) is 13.0 Å². The molecule has 1 unspecified atom stereocenters. The van der Waals surface area contributed by atoms with Crippen molar-refractivity contribution in [3.8, 4) is 5.75 Å². The lowest BCUT2D eigenvalue weighted by atomic mass is 10.0. The highest BCUT2D eigenvalue weighted by molar-refractivity contribution is 5.71. The molecule has 3 heteroatoms. The third-order valence-corrected chi connectivity index (χ3v) is 2.95. The van der Waals surface area contributed by atoms with Crippen LogP contribution in [-0.2, 0) is 9.53 Å². The highest BCUT2D eigenvalue weighted by Crippen LogP contribution is 2.40. The van der Waals surface area contributed by atoms with E-state index in [4.69, 9.17) is 9.47 Å². The maximum atomic E-state index is 11.1. The third-order valence-electron chi connectivity index (χ3n) is 2.95. The Morgan fingerprint density at radius 2 is 2.18 bits per heavy atom. The molecule has 0 bridgehead atoms. The normalized spacial score (nSPS) is 17.4. The number of rotatable bonds is 3. The van der Waals surface area contributed by atoms with E-state index in [9.17, 15) is 4.79 Å². The van der Waals surface area contributed by atoms with Crippen LogP contribution in [-0.4, -0.2) is 13.1 Å². The number of benzene rings is 1. The van der Waals surface area contributed by atoms with E-state index in [1.165, 1.54) is 6.92 Å². The van der Waals surface area contributed by atoms with Gasteiger partial charge in [-0.05, 0) is 29.7 Å². The van der Waals surface area contributed by atoms with Gasteiger partial charge in [0.2, 0.25) is 0 Å². The van der Waals surface area contributed by atoms with Gasteiger partial charge in [-0.25, -0.2) is 0 Å². The van der Waals surface area contributed by atoms with E-state index < -0.39 is 0 Å². The highest BCUT2D eigenvalue weighted by Gasteiger charge is 2.27. The monoisotopic (exact) mass is 232 g/mol. The number of hydrogen-bond acceptors (Lipinski definition) is 3. The molecule has 0 radical (unpaired) electrons. The van der Waals surface area contributed by atoms with Gasteiger partial charge in [0, 0.05) is 12.5 Å². The molecule has 0 heterocycles. The van der Waals surface area contributed by atoms with Crippen LogP contribution in [0.15, 0.2) is 23.8 Å². The number of methoxy groups -OCH3 is 1. The van der Waals surface area contributed by atoms with Gasteiger partial charge in [0.1, 0.15) is 11.9 Å². The summed E-state index contributed by atoms with van der Waals surface area (Å²) in [6.45, 7) is 3.50. The molecule has 0 spiro atoms. The van der Waals surface area contributed by atoms with Gasteiger partial charge in [0.05, 0.1) is 7.11 Å².